The maximum Gasteiger partial charge on any atom is 0.391 e. The van der Waals surface area contributed by atoms with E-state index in [1.165, 1.54) is 13.0 Å². The summed E-state index contributed by atoms with van der Waals surface area (Å²) < 4.78 is 36.6. The van der Waals surface area contributed by atoms with E-state index in [1.807, 2.05) is 0 Å². The van der Waals surface area contributed by atoms with Crippen molar-refractivity contribution in [1.82, 2.24) is 0 Å². The van der Waals surface area contributed by atoms with Gasteiger partial charge in [0.25, 0.3) is 0 Å². The van der Waals surface area contributed by atoms with Crippen molar-refractivity contribution in [2.75, 3.05) is 5.32 Å². The Morgan fingerprint density at radius 2 is 2.10 bits per heavy atom. The Bertz CT molecular complexity index is 531. The molecule has 0 saturated heterocycles. The minimum absolute atomic E-state index is 0.258. The Balaban J connectivity index is 3.09. The van der Waals surface area contributed by atoms with Gasteiger partial charge in [0.1, 0.15) is 11.3 Å². The lowest BCUT2D eigenvalue weighted by Crippen LogP contribution is -2.24. The van der Waals surface area contributed by atoms with Gasteiger partial charge in [-0.05, 0) is 19.1 Å². The molecule has 1 atom stereocenters. The third-order valence-corrected chi connectivity index (χ3v) is 2.39. The standard InChI is InChI=1S/C11H11F3N2O4/c1-6(5-11(12,13)14)15-8-4-2-3-7(10(17)18)9(8)16(19)20/h2-4,6,15H,5H2,1H3,(H,17,18). The second-order valence-corrected chi connectivity index (χ2v) is 4.13. The van der Waals surface area contributed by atoms with E-state index in [-0.39, 0.29) is 5.69 Å². The first-order valence-electron chi connectivity index (χ1n) is 5.46. The van der Waals surface area contributed by atoms with Gasteiger partial charge in [-0.3, -0.25) is 10.1 Å². The molecule has 110 valence electrons. The van der Waals surface area contributed by atoms with Crippen molar-refractivity contribution in [3.05, 3.63) is 33.9 Å². The molecule has 0 bridgehead atoms. The van der Waals surface area contributed by atoms with Gasteiger partial charge in [-0.25, -0.2) is 4.79 Å². The Kier molecular flexibility index (Phi) is 4.53. The lowest BCUT2D eigenvalue weighted by atomic mass is 10.1. The van der Waals surface area contributed by atoms with Crippen molar-refractivity contribution in [2.24, 2.45) is 0 Å². The number of nitro benzene ring substituents is 1. The first-order chi connectivity index (χ1) is 9.11. The first-order valence-corrected chi connectivity index (χ1v) is 5.46. The fourth-order valence-corrected chi connectivity index (χ4v) is 1.69. The van der Waals surface area contributed by atoms with Gasteiger partial charge in [0.05, 0.1) is 11.3 Å². The van der Waals surface area contributed by atoms with Crippen molar-refractivity contribution in [1.29, 1.82) is 0 Å². The van der Waals surface area contributed by atoms with Crippen LogP contribution in [0.1, 0.15) is 23.7 Å². The number of rotatable bonds is 5. The normalized spacial score (nSPS) is 12.8. The second kappa shape index (κ2) is 5.76. The summed E-state index contributed by atoms with van der Waals surface area (Å²) >= 11 is 0. The average molecular weight is 292 g/mol. The van der Waals surface area contributed by atoms with Crippen molar-refractivity contribution in [2.45, 2.75) is 25.6 Å². The topological polar surface area (TPSA) is 92.5 Å². The number of aromatic carboxylic acids is 1. The molecule has 0 aliphatic heterocycles. The molecule has 1 aromatic rings. The number of carboxylic acid groups (broad SMARTS) is 1. The fourth-order valence-electron chi connectivity index (χ4n) is 1.69. The van der Waals surface area contributed by atoms with Gasteiger partial charge in [0.2, 0.25) is 0 Å². The molecule has 0 amide bonds. The number of anilines is 1. The molecular formula is C11H11F3N2O4. The van der Waals surface area contributed by atoms with Crippen molar-refractivity contribution >= 4 is 17.3 Å². The molecule has 0 aliphatic carbocycles. The lowest BCUT2D eigenvalue weighted by molar-refractivity contribution is -0.384. The molecule has 0 fully saturated rings. The molecule has 1 unspecified atom stereocenters. The number of carbonyl (C=O) groups is 1. The van der Waals surface area contributed by atoms with Crippen LogP contribution in [-0.4, -0.2) is 28.2 Å². The fraction of sp³-hybridized carbons (Fsp3) is 0.364. The highest BCUT2D eigenvalue weighted by Gasteiger charge is 2.31. The quantitative estimate of drug-likeness (QED) is 0.642. The number of benzene rings is 1. The van der Waals surface area contributed by atoms with Gasteiger partial charge >= 0.3 is 17.8 Å². The van der Waals surface area contributed by atoms with Gasteiger partial charge < -0.3 is 10.4 Å². The first kappa shape index (κ1) is 15.7. The third-order valence-electron chi connectivity index (χ3n) is 2.39. The maximum absolute atomic E-state index is 12.2. The van der Waals surface area contributed by atoms with Crippen molar-refractivity contribution in [3.8, 4) is 0 Å². The molecule has 0 aliphatic rings. The van der Waals surface area contributed by atoms with E-state index in [2.05, 4.69) is 5.32 Å². The Hall–Kier alpha value is -2.32. The highest BCUT2D eigenvalue weighted by Crippen LogP contribution is 2.31. The number of nitro groups is 1. The summed E-state index contributed by atoms with van der Waals surface area (Å²) in [7, 11) is 0. The van der Waals surface area contributed by atoms with Gasteiger partial charge in [-0.15, -0.1) is 0 Å². The summed E-state index contributed by atoms with van der Waals surface area (Å²) in [4.78, 5) is 20.8. The van der Waals surface area contributed by atoms with Crippen LogP contribution in [0.25, 0.3) is 0 Å². The Morgan fingerprint density at radius 1 is 1.50 bits per heavy atom. The summed E-state index contributed by atoms with van der Waals surface area (Å²) in [6, 6.07) is 2.27. The van der Waals surface area contributed by atoms with E-state index in [0.717, 1.165) is 12.1 Å². The van der Waals surface area contributed by atoms with Gasteiger partial charge in [0, 0.05) is 6.04 Å². The Morgan fingerprint density at radius 3 is 2.55 bits per heavy atom. The largest absolute Gasteiger partial charge is 0.477 e. The van der Waals surface area contributed by atoms with Crippen LogP contribution in [0.3, 0.4) is 0 Å². The number of hydrogen-bond donors (Lipinski definition) is 2. The summed E-state index contributed by atoms with van der Waals surface area (Å²) in [6.07, 6.45) is -5.62. The molecule has 2 N–H and O–H groups in total. The summed E-state index contributed by atoms with van der Waals surface area (Å²) in [5, 5.41) is 22.1. The molecule has 9 heteroatoms. The average Bonchev–Trinajstić information content (AvgIpc) is 2.25. The van der Waals surface area contributed by atoms with Crippen LogP contribution >= 0.6 is 0 Å². The van der Waals surface area contributed by atoms with Gasteiger partial charge in [0.15, 0.2) is 0 Å². The zero-order chi connectivity index (χ0) is 15.5. The van der Waals surface area contributed by atoms with Crippen molar-refractivity contribution in [3.63, 3.8) is 0 Å². The summed E-state index contributed by atoms with van der Waals surface area (Å²) in [5.74, 6) is -1.52. The molecular weight excluding hydrogens is 281 g/mol. The number of nitrogens with one attached hydrogen (secondary N) is 1. The second-order valence-electron chi connectivity index (χ2n) is 4.13. The van der Waals surface area contributed by atoms with Crippen LogP contribution in [0, 0.1) is 10.1 Å². The maximum atomic E-state index is 12.2. The number of halogens is 3. The zero-order valence-corrected chi connectivity index (χ0v) is 10.3. The number of para-hydroxylation sites is 1. The highest BCUT2D eigenvalue weighted by atomic mass is 19.4. The molecule has 20 heavy (non-hydrogen) atoms. The highest BCUT2D eigenvalue weighted by molar-refractivity contribution is 5.95. The van der Waals surface area contributed by atoms with Crippen LogP contribution in [0.4, 0.5) is 24.5 Å². The monoisotopic (exact) mass is 292 g/mol. The van der Waals surface area contributed by atoms with Crippen molar-refractivity contribution < 1.29 is 28.0 Å². The smallest absolute Gasteiger partial charge is 0.391 e. The van der Waals surface area contributed by atoms with Gasteiger partial charge in [-0.2, -0.15) is 13.2 Å². The third kappa shape index (κ3) is 4.11. The number of alkyl halides is 3. The number of hydrogen-bond acceptors (Lipinski definition) is 4. The molecule has 0 saturated carbocycles. The molecule has 0 aromatic heterocycles. The van der Waals surface area contributed by atoms with Crippen LogP contribution in [-0.2, 0) is 0 Å². The van der Waals surface area contributed by atoms with E-state index in [4.69, 9.17) is 5.11 Å². The van der Waals surface area contributed by atoms with E-state index in [9.17, 15) is 28.1 Å². The molecule has 1 aromatic carbocycles. The lowest BCUT2D eigenvalue weighted by Gasteiger charge is -2.17. The minimum atomic E-state index is -4.42. The van der Waals surface area contributed by atoms with Crippen LogP contribution in [0.2, 0.25) is 0 Å². The molecule has 0 heterocycles. The molecule has 1 rings (SSSR count). The summed E-state index contributed by atoms with van der Waals surface area (Å²) in [5.41, 5.74) is -1.60. The Labute approximate surface area is 111 Å². The molecule has 0 spiro atoms. The predicted octanol–water partition coefficient (Wildman–Crippen LogP) is 3.05. The summed E-state index contributed by atoms with van der Waals surface area (Å²) in [6.45, 7) is 1.20. The van der Waals surface area contributed by atoms with E-state index in [1.54, 1.807) is 0 Å². The minimum Gasteiger partial charge on any atom is -0.477 e. The van der Waals surface area contributed by atoms with Crippen LogP contribution in [0.15, 0.2) is 18.2 Å². The van der Waals surface area contributed by atoms with E-state index >= 15 is 0 Å². The van der Waals surface area contributed by atoms with E-state index in [0.29, 0.717) is 0 Å². The van der Waals surface area contributed by atoms with Gasteiger partial charge in [-0.1, -0.05) is 6.07 Å². The van der Waals surface area contributed by atoms with Crippen LogP contribution < -0.4 is 5.32 Å². The molecule has 6 nitrogen and oxygen atoms in total. The predicted molar refractivity (Wildman–Crippen MR) is 63.8 cm³/mol. The number of carboxylic acids is 1. The SMILES string of the molecule is CC(CC(F)(F)F)Nc1cccc(C(=O)O)c1[N+](=O)[O-]. The number of nitrogens with zero attached hydrogens (tertiary/aromatic N) is 1. The van der Waals surface area contributed by atoms with E-state index < -0.39 is 40.8 Å². The molecule has 0 radical (unpaired) electrons. The van der Waals surface area contributed by atoms with Crippen LogP contribution in [0.5, 0.6) is 0 Å². The zero-order valence-electron chi connectivity index (χ0n) is 10.3.